The SMILES string of the molecule is CCCCCCc1ccc2c(=C(C#N)C#N)c3cc(CCCCCC)ccc3c(=C(C#N)C#N)c2c1. The van der Waals surface area contributed by atoms with E-state index in [1.165, 1.54) is 25.7 Å². The van der Waals surface area contributed by atoms with Gasteiger partial charge in [-0.2, -0.15) is 21.0 Å². The summed E-state index contributed by atoms with van der Waals surface area (Å²) in [5, 5.41) is 43.5. The first-order valence-corrected chi connectivity index (χ1v) is 13.0. The number of hydrogen-bond donors (Lipinski definition) is 0. The van der Waals surface area contributed by atoms with E-state index in [9.17, 15) is 21.0 Å². The first-order chi connectivity index (χ1) is 17.6. The molecule has 0 N–H and O–H groups in total. The van der Waals surface area contributed by atoms with Crippen LogP contribution < -0.4 is 10.4 Å². The maximum atomic E-state index is 9.84. The third-order valence-corrected chi connectivity index (χ3v) is 6.83. The monoisotopic (exact) mass is 472 g/mol. The second kappa shape index (κ2) is 13.1. The maximum Gasteiger partial charge on any atom is 0.138 e. The zero-order valence-electron chi connectivity index (χ0n) is 21.3. The Hall–Kier alpha value is -4.12. The van der Waals surface area contributed by atoms with Crippen molar-refractivity contribution in [3.8, 4) is 24.3 Å². The summed E-state index contributed by atoms with van der Waals surface area (Å²) in [4.78, 5) is 0. The van der Waals surface area contributed by atoms with E-state index in [4.69, 9.17) is 0 Å². The van der Waals surface area contributed by atoms with E-state index < -0.39 is 0 Å². The average molecular weight is 473 g/mol. The molecule has 0 atom stereocenters. The van der Waals surface area contributed by atoms with E-state index in [1.807, 2.05) is 36.4 Å². The van der Waals surface area contributed by atoms with Gasteiger partial charge in [0.2, 0.25) is 0 Å². The van der Waals surface area contributed by atoms with Crippen molar-refractivity contribution in [3.63, 3.8) is 0 Å². The van der Waals surface area contributed by atoms with Crippen LogP contribution in [0.1, 0.15) is 76.3 Å². The Labute approximate surface area is 214 Å². The molecule has 0 spiro atoms. The minimum Gasteiger partial charge on any atom is -0.192 e. The van der Waals surface area contributed by atoms with E-state index in [0.29, 0.717) is 10.4 Å². The molecule has 0 unspecified atom stereocenters. The van der Waals surface area contributed by atoms with E-state index >= 15 is 0 Å². The van der Waals surface area contributed by atoms with E-state index in [2.05, 4.69) is 38.1 Å². The first kappa shape index (κ1) is 26.5. The fraction of sp³-hybridized carbons (Fsp3) is 0.375. The fourth-order valence-corrected chi connectivity index (χ4v) is 4.96. The molecule has 0 bridgehead atoms. The van der Waals surface area contributed by atoms with Crippen molar-refractivity contribution in [1.29, 1.82) is 21.0 Å². The molecule has 0 fully saturated rings. The quantitative estimate of drug-likeness (QED) is 0.244. The molecule has 0 amide bonds. The largest absolute Gasteiger partial charge is 0.192 e. The van der Waals surface area contributed by atoms with Crippen molar-refractivity contribution in [2.75, 3.05) is 0 Å². The molecular weight excluding hydrogens is 440 g/mol. The lowest BCUT2D eigenvalue weighted by atomic mass is 9.90. The van der Waals surface area contributed by atoms with Crippen LogP contribution in [0.3, 0.4) is 0 Å². The third-order valence-electron chi connectivity index (χ3n) is 6.83. The maximum absolute atomic E-state index is 9.84. The van der Waals surface area contributed by atoms with Gasteiger partial charge in [0.25, 0.3) is 0 Å². The predicted molar refractivity (Wildman–Crippen MR) is 146 cm³/mol. The molecule has 0 aliphatic heterocycles. The Morgan fingerprint density at radius 3 is 1.25 bits per heavy atom. The zero-order chi connectivity index (χ0) is 25.9. The molecule has 4 heteroatoms. The molecule has 3 aromatic rings. The lowest BCUT2D eigenvalue weighted by Gasteiger charge is -2.12. The Balaban J connectivity index is 2.41. The molecule has 0 heterocycles. The molecule has 0 aliphatic carbocycles. The van der Waals surface area contributed by atoms with Crippen LogP contribution in [-0.2, 0) is 12.8 Å². The van der Waals surface area contributed by atoms with Crippen LogP contribution in [0.15, 0.2) is 36.4 Å². The van der Waals surface area contributed by atoms with Crippen molar-refractivity contribution < 1.29 is 0 Å². The van der Waals surface area contributed by atoms with Crippen LogP contribution in [0, 0.1) is 45.3 Å². The summed E-state index contributed by atoms with van der Waals surface area (Å²) >= 11 is 0. The van der Waals surface area contributed by atoms with Gasteiger partial charge in [-0.15, -0.1) is 0 Å². The van der Waals surface area contributed by atoms with Gasteiger partial charge in [-0.1, -0.05) is 88.8 Å². The Kier molecular flexibility index (Phi) is 9.64. The van der Waals surface area contributed by atoms with Crippen molar-refractivity contribution in [1.82, 2.24) is 0 Å². The summed E-state index contributed by atoms with van der Waals surface area (Å²) in [6, 6.07) is 20.5. The van der Waals surface area contributed by atoms with Gasteiger partial charge < -0.3 is 0 Å². The number of aryl methyl sites for hydroxylation is 2. The number of rotatable bonds is 10. The van der Waals surface area contributed by atoms with Gasteiger partial charge >= 0.3 is 0 Å². The van der Waals surface area contributed by atoms with Crippen molar-refractivity contribution in [3.05, 3.63) is 58.0 Å². The molecule has 0 saturated heterocycles. The van der Waals surface area contributed by atoms with E-state index in [0.717, 1.165) is 71.2 Å². The number of unbranched alkanes of at least 4 members (excludes halogenated alkanes) is 6. The number of benzene rings is 3. The summed E-state index contributed by atoms with van der Waals surface area (Å²) in [5.74, 6) is 0. The number of hydrogen-bond acceptors (Lipinski definition) is 4. The lowest BCUT2D eigenvalue weighted by Crippen LogP contribution is -2.19. The molecule has 3 rings (SSSR count). The number of nitriles is 4. The molecule has 0 aromatic heterocycles. The number of nitrogens with zero attached hydrogens (tertiary/aromatic N) is 4. The Morgan fingerprint density at radius 2 is 0.917 bits per heavy atom. The number of fused-ring (bicyclic) bond motifs is 2. The van der Waals surface area contributed by atoms with Gasteiger partial charge in [0.05, 0.1) is 0 Å². The first-order valence-electron chi connectivity index (χ1n) is 13.0. The molecule has 3 aromatic carbocycles. The highest BCUT2D eigenvalue weighted by Crippen LogP contribution is 2.21. The fourth-order valence-electron chi connectivity index (χ4n) is 4.96. The minimum atomic E-state index is 0.0471. The second-order valence-corrected chi connectivity index (χ2v) is 9.33. The van der Waals surface area contributed by atoms with Gasteiger partial charge in [0.1, 0.15) is 35.4 Å². The molecule has 0 radical (unpaired) electrons. The summed E-state index contributed by atoms with van der Waals surface area (Å²) in [5.41, 5.74) is 2.35. The summed E-state index contributed by atoms with van der Waals surface area (Å²) in [6.45, 7) is 4.37. The zero-order valence-corrected chi connectivity index (χ0v) is 21.3. The topological polar surface area (TPSA) is 95.2 Å². The standard InChI is InChI=1S/C32H32N4/c1-3-5-7-9-11-23-13-15-27-29(17-23)31(25(19-33)20-34)28-16-14-24(12-10-8-6-4-2)18-30(28)32(27)26(21-35)22-36/h13-18H,3-12H2,1-2H3. The molecule has 0 aliphatic rings. The van der Waals surface area contributed by atoms with Gasteiger partial charge in [-0.25, -0.2) is 0 Å². The van der Waals surface area contributed by atoms with Crippen LogP contribution in [0.2, 0.25) is 0 Å². The normalized spacial score (nSPS) is 10.4. The summed E-state index contributed by atoms with van der Waals surface area (Å²) in [6.07, 6.45) is 11.0. The van der Waals surface area contributed by atoms with Crippen LogP contribution >= 0.6 is 0 Å². The smallest absolute Gasteiger partial charge is 0.138 e. The van der Waals surface area contributed by atoms with Crippen molar-refractivity contribution in [2.45, 2.75) is 78.1 Å². The van der Waals surface area contributed by atoms with E-state index in [-0.39, 0.29) is 11.1 Å². The van der Waals surface area contributed by atoms with Crippen LogP contribution in [0.25, 0.3) is 32.7 Å². The highest BCUT2D eigenvalue weighted by Gasteiger charge is 2.14. The average Bonchev–Trinajstić information content (AvgIpc) is 2.91. The van der Waals surface area contributed by atoms with Crippen LogP contribution in [0.4, 0.5) is 0 Å². The summed E-state index contributed by atoms with van der Waals surface area (Å²) in [7, 11) is 0. The van der Waals surface area contributed by atoms with Gasteiger partial charge in [-0.3, -0.25) is 0 Å². The van der Waals surface area contributed by atoms with Crippen molar-refractivity contribution in [2.24, 2.45) is 0 Å². The van der Waals surface area contributed by atoms with Crippen LogP contribution in [-0.4, -0.2) is 0 Å². The molecule has 0 saturated carbocycles. The van der Waals surface area contributed by atoms with Gasteiger partial charge in [-0.05, 0) is 58.4 Å². The summed E-state index contributed by atoms with van der Waals surface area (Å²) < 4.78 is 0. The van der Waals surface area contributed by atoms with Crippen molar-refractivity contribution >= 4 is 32.7 Å². The van der Waals surface area contributed by atoms with E-state index in [1.54, 1.807) is 0 Å². The highest BCUT2D eigenvalue weighted by atomic mass is 14.3. The molecule has 180 valence electrons. The lowest BCUT2D eigenvalue weighted by molar-refractivity contribution is 0.667. The third kappa shape index (κ3) is 5.74. The van der Waals surface area contributed by atoms with Crippen LogP contribution in [0.5, 0.6) is 0 Å². The second-order valence-electron chi connectivity index (χ2n) is 9.33. The Bertz CT molecular complexity index is 1400. The van der Waals surface area contributed by atoms with Gasteiger partial charge in [0, 0.05) is 10.4 Å². The highest BCUT2D eigenvalue weighted by molar-refractivity contribution is 6.06. The molecule has 36 heavy (non-hydrogen) atoms. The van der Waals surface area contributed by atoms with Gasteiger partial charge in [0.15, 0.2) is 0 Å². The Morgan fingerprint density at radius 1 is 0.528 bits per heavy atom. The minimum absolute atomic E-state index is 0.0471. The molecule has 4 nitrogen and oxygen atoms in total. The molecular formula is C32H32N4. The predicted octanol–water partition coefficient (Wildman–Crippen LogP) is 6.63.